The largest absolute Gasteiger partial charge is 0.387 e. The second kappa shape index (κ2) is 8.43. The standard InChI is InChI=1S/C21H26N4O2S/c1-15-19(28-21-22-9-12-25(15)21)20(27)23-13-16-7-10-24(11-8-16)14-18(26)17-5-3-2-4-6-17/h2-6,9,12,16,18,26H,7-8,10-11,13-14H2,1H3,(H,23,27). The molecule has 0 radical (unpaired) electrons. The quantitative estimate of drug-likeness (QED) is 0.670. The van der Waals surface area contributed by atoms with E-state index >= 15 is 0 Å². The van der Waals surface area contributed by atoms with Gasteiger partial charge in [0.15, 0.2) is 4.96 Å². The molecule has 0 spiro atoms. The number of aliphatic hydroxyl groups is 1. The second-order valence-electron chi connectivity index (χ2n) is 7.48. The molecular weight excluding hydrogens is 372 g/mol. The maximum absolute atomic E-state index is 12.6. The molecule has 1 unspecified atom stereocenters. The third-order valence-corrected chi connectivity index (χ3v) is 6.74. The molecule has 6 nitrogen and oxygen atoms in total. The molecule has 148 valence electrons. The lowest BCUT2D eigenvalue weighted by molar-refractivity contribution is 0.0853. The molecule has 0 aliphatic carbocycles. The molecular formula is C21H26N4O2S. The highest BCUT2D eigenvalue weighted by Gasteiger charge is 2.23. The van der Waals surface area contributed by atoms with Gasteiger partial charge in [0, 0.05) is 31.2 Å². The number of aryl methyl sites for hydroxylation is 1. The van der Waals surface area contributed by atoms with Gasteiger partial charge >= 0.3 is 0 Å². The Bertz CT molecular complexity index is 928. The van der Waals surface area contributed by atoms with Crippen molar-refractivity contribution in [3.63, 3.8) is 0 Å². The van der Waals surface area contributed by atoms with E-state index in [1.54, 1.807) is 6.20 Å². The zero-order chi connectivity index (χ0) is 19.5. The number of likely N-dealkylation sites (tertiary alicyclic amines) is 1. The number of hydrogen-bond donors (Lipinski definition) is 2. The number of hydrogen-bond acceptors (Lipinski definition) is 5. The van der Waals surface area contributed by atoms with Crippen LogP contribution in [0.1, 0.15) is 39.9 Å². The molecule has 28 heavy (non-hydrogen) atoms. The Morgan fingerprint density at radius 3 is 2.79 bits per heavy atom. The highest BCUT2D eigenvalue weighted by molar-refractivity contribution is 7.19. The summed E-state index contributed by atoms with van der Waals surface area (Å²) in [6.07, 6.45) is 5.27. The topological polar surface area (TPSA) is 69.9 Å². The van der Waals surface area contributed by atoms with Crippen LogP contribution in [0.15, 0.2) is 42.7 Å². The fourth-order valence-corrected chi connectivity index (χ4v) is 4.82. The molecule has 1 atom stereocenters. The van der Waals surface area contributed by atoms with Crippen LogP contribution in [0, 0.1) is 12.8 Å². The van der Waals surface area contributed by atoms with Crippen LogP contribution in [-0.2, 0) is 0 Å². The van der Waals surface area contributed by atoms with Crippen LogP contribution in [0.4, 0.5) is 0 Å². The number of imidazole rings is 1. The van der Waals surface area contributed by atoms with Gasteiger partial charge in [0.2, 0.25) is 0 Å². The lowest BCUT2D eigenvalue weighted by atomic mass is 9.96. The molecule has 1 aromatic carbocycles. The number of aromatic nitrogens is 2. The van der Waals surface area contributed by atoms with Gasteiger partial charge in [-0.15, -0.1) is 0 Å². The Hall–Kier alpha value is -2.22. The average molecular weight is 399 g/mol. The smallest absolute Gasteiger partial charge is 0.263 e. The second-order valence-corrected chi connectivity index (χ2v) is 8.45. The molecule has 0 saturated carbocycles. The maximum atomic E-state index is 12.6. The van der Waals surface area contributed by atoms with E-state index in [-0.39, 0.29) is 5.91 Å². The summed E-state index contributed by atoms with van der Waals surface area (Å²) >= 11 is 1.43. The van der Waals surface area contributed by atoms with Crippen molar-refractivity contribution < 1.29 is 9.90 Å². The lowest BCUT2D eigenvalue weighted by Crippen LogP contribution is -2.40. The average Bonchev–Trinajstić information content (AvgIpc) is 3.31. The van der Waals surface area contributed by atoms with E-state index in [1.165, 1.54) is 11.3 Å². The summed E-state index contributed by atoms with van der Waals surface area (Å²) < 4.78 is 1.95. The van der Waals surface area contributed by atoms with Crippen LogP contribution in [0.3, 0.4) is 0 Å². The molecule has 1 aliphatic rings. The Morgan fingerprint density at radius 2 is 2.07 bits per heavy atom. The van der Waals surface area contributed by atoms with Crippen molar-refractivity contribution in [1.29, 1.82) is 0 Å². The number of carbonyl (C=O) groups excluding carboxylic acids is 1. The number of rotatable bonds is 6. The zero-order valence-corrected chi connectivity index (χ0v) is 16.9. The first-order valence-electron chi connectivity index (χ1n) is 9.78. The summed E-state index contributed by atoms with van der Waals surface area (Å²) in [4.78, 5) is 20.7. The van der Waals surface area contributed by atoms with Crippen molar-refractivity contribution in [2.75, 3.05) is 26.2 Å². The SMILES string of the molecule is Cc1c(C(=O)NCC2CCN(CC(O)c3ccccc3)CC2)sc2nccn12. The minimum Gasteiger partial charge on any atom is -0.387 e. The summed E-state index contributed by atoms with van der Waals surface area (Å²) in [5.41, 5.74) is 1.91. The van der Waals surface area contributed by atoms with Crippen LogP contribution < -0.4 is 5.32 Å². The van der Waals surface area contributed by atoms with E-state index in [4.69, 9.17) is 0 Å². The third kappa shape index (κ3) is 4.11. The Kier molecular flexibility index (Phi) is 5.75. The van der Waals surface area contributed by atoms with Crippen molar-refractivity contribution in [2.45, 2.75) is 25.9 Å². The number of fused-ring (bicyclic) bond motifs is 1. The van der Waals surface area contributed by atoms with Gasteiger partial charge in [-0.25, -0.2) is 4.98 Å². The van der Waals surface area contributed by atoms with Crippen LogP contribution in [0.25, 0.3) is 4.96 Å². The van der Waals surface area contributed by atoms with Crippen molar-refractivity contribution in [2.24, 2.45) is 5.92 Å². The van der Waals surface area contributed by atoms with Crippen molar-refractivity contribution in [3.8, 4) is 0 Å². The highest BCUT2D eigenvalue weighted by Crippen LogP contribution is 2.23. The first-order valence-corrected chi connectivity index (χ1v) is 10.6. The van der Waals surface area contributed by atoms with Crippen LogP contribution in [0.5, 0.6) is 0 Å². The summed E-state index contributed by atoms with van der Waals surface area (Å²) in [5, 5.41) is 13.5. The number of aliphatic hydroxyl groups excluding tert-OH is 1. The van der Waals surface area contributed by atoms with Gasteiger partial charge in [0.05, 0.1) is 6.10 Å². The van der Waals surface area contributed by atoms with Gasteiger partial charge in [0.1, 0.15) is 4.88 Å². The van der Waals surface area contributed by atoms with Crippen molar-refractivity contribution in [1.82, 2.24) is 19.6 Å². The Labute approximate surface area is 168 Å². The molecule has 1 aliphatic heterocycles. The van der Waals surface area contributed by atoms with Gasteiger partial charge in [-0.1, -0.05) is 41.7 Å². The molecule has 4 rings (SSSR count). The predicted molar refractivity (Wildman–Crippen MR) is 111 cm³/mol. The number of nitrogens with zero attached hydrogens (tertiary/aromatic N) is 3. The van der Waals surface area contributed by atoms with Crippen molar-refractivity contribution in [3.05, 3.63) is 58.9 Å². The molecule has 1 saturated heterocycles. The molecule has 2 N–H and O–H groups in total. The molecule has 1 fully saturated rings. The predicted octanol–water partition coefficient (Wildman–Crippen LogP) is 2.88. The van der Waals surface area contributed by atoms with Crippen LogP contribution in [-0.4, -0.2) is 51.5 Å². The monoisotopic (exact) mass is 398 g/mol. The van der Waals surface area contributed by atoms with E-state index in [9.17, 15) is 9.90 Å². The van der Waals surface area contributed by atoms with Gasteiger partial charge in [-0.05, 0) is 44.3 Å². The minimum absolute atomic E-state index is 0.00469. The number of amides is 1. The Morgan fingerprint density at radius 1 is 1.32 bits per heavy atom. The fourth-order valence-electron chi connectivity index (χ4n) is 3.82. The van der Waals surface area contributed by atoms with E-state index in [2.05, 4.69) is 15.2 Å². The third-order valence-electron chi connectivity index (χ3n) is 5.57. The molecule has 7 heteroatoms. The molecule has 3 heterocycles. The minimum atomic E-state index is -0.446. The van der Waals surface area contributed by atoms with E-state index < -0.39 is 6.10 Å². The number of benzene rings is 1. The van der Waals surface area contributed by atoms with E-state index in [0.717, 1.165) is 47.0 Å². The number of thiazole rings is 1. The normalized spacial score (nSPS) is 17.1. The van der Waals surface area contributed by atoms with Gasteiger partial charge < -0.3 is 15.3 Å². The zero-order valence-electron chi connectivity index (χ0n) is 16.0. The first-order chi connectivity index (χ1) is 13.6. The number of nitrogens with one attached hydrogen (secondary N) is 1. The van der Waals surface area contributed by atoms with Gasteiger partial charge in [-0.3, -0.25) is 9.20 Å². The fraction of sp³-hybridized carbons (Fsp3) is 0.429. The Balaban J connectivity index is 1.24. The summed E-state index contributed by atoms with van der Waals surface area (Å²) in [6.45, 7) is 5.23. The molecule has 1 amide bonds. The summed E-state index contributed by atoms with van der Waals surface area (Å²) in [6, 6.07) is 9.82. The molecule has 3 aromatic rings. The van der Waals surface area contributed by atoms with Gasteiger partial charge in [0.25, 0.3) is 5.91 Å². The molecule has 0 bridgehead atoms. The van der Waals surface area contributed by atoms with E-state index in [1.807, 2.05) is 47.9 Å². The highest BCUT2D eigenvalue weighted by atomic mass is 32.1. The lowest BCUT2D eigenvalue weighted by Gasteiger charge is -2.33. The number of β-amino-alcohol motifs (C(OH)–C–C–N with tert-alkyl or cyclic N) is 1. The first kappa shape index (κ1) is 19.1. The van der Waals surface area contributed by atoms with Gasteiger partial charge in [-0.2, -0.15) is 0 Å². The summed E-state index contributed by atoms with van der Waals surface area (Å²) in [7, 11) is 0. The van der Waals surface area contributed by atoms with Crippen LogP contribution in [0.2, 0.25) is 0 Å². The van der Waals surface area contributed by atoms with Crippen molar-refractivity contribution >= 4 is 22.2 Å². The number of piperidine rings is 1. The van der Waals surface area contributed by atoms with Crippen LogP contribution >= 0.6 is 11.3 Å². The number of carbonyl (C=O) groups is 1. The van der Waals surface area contributed by atoms with E-state index in [0.29, 0.717) is 19.0 Å². The maximum Gasteiger partial charge on any atom is 0.263 e. The molecule has 2 aromatic heterocycles. The summed E-state index contributed by atoms with van der Waals surface area (Å²) in [5.74, 6) is 0.480.